The molecule has 1 unspecified atom stereocenters. The number of rotatable bonds is 7. The number of nitrogens with one attached hydrogen (secondary N) is 2. The van der Waals surface area contributed by atoms with Crippen molar-refractivity contribution in [3.63, 3.8) is 0 Å². The summed E-state index contributed by atoms with van der Waals surface area (Å²) in [7, 11) is -1.22. The van der Waals surface area contributed by atoms with E-state index < -0.39 is 10.0 Å². The van der Waals surface area contributed by atoms with E-state index in [1.54, 1.807) is 0 Å². The van der Waals surface area contributed by atoms with Crippen molar-refractivity contribution in [2.75, 3.05) is 39.0 Å². The average Bonchev–Trinajstić information content (AvgIpc) is 3.11. The normalized spacial score (nSPS) is 19.0. The maximum absolute atomic E-state index is 11.1. The Bertz CT molecular complexity index is 655. The second-order valence-electron chi connectivity index (χ2n) is 6.23. The molecule has 8 nitrogen and oxygen atoms in total. The molecule has 0 radical (unpaired) electrons. The Labute approximate surface area is 144 Å². The van der Waals surface area contributed by atoms with Crippen molar-refractivity contribution in [1.82, 2.24) is 24.7 Å². The van der Waals surface area contributed by atoms with Gasteiger partial charge in [-0.3, -0.25) is 9.67 Å². The molecule has 1 atom stereocenters. The van der Waals surface area contributed by atoms with Gasteiger partial charge in [-0.05, 0) is 31.2 Å². The van der Waals surface area contributed by atoms with Crippen LogP contribution >= 0.6 is 0 Å². The zero-order chi connectivity index (χ0) is 17.6. The van der Waals surface area contributed by atoms with E-state index in [-0.39, 0.29) is 0 Å². The van der Waals surface area contributed by atoms with Crippen LogP contribution in [0.2, 0.25) is 0 Å². The van der Waals surface area contributed by atoms with Crippen LogP contribution in [-0.2, 0) is 23.5 Å². The highest BCUT2D eigenvalue weighted by molar-refractivity contribution is 7.88. The quantitative estimate of drug-likeness (QED) is 0.401. The van der Waals surface area contributed by atoms with Crippen molar-refractivity contribution >= 4 is 16.0 Å². The van der Waals surface area contributed by atoms with E-state index in [0.29, 0.717) is 19.0 Å². The van der Waals surface area contributed by atoms with E-state index in [4.69, 9.17) is 0 Å². The summed E-state index contributed by atoms with van der Waals surface area (Å²) in [4.78, 5) is 6.79. The Balaban J connectivity index is 1.86. The molecule has 1 saturated heterocycles. The number of aryl methyl sites for hydroxylation is 1. The first-order valence-corrected chi connectivity index (χ1v) is 10.2. The van der Waals surface area contributed by atoms with Crippen LogP contribution in [0, 0.1) is 5.92 Å². The Morgan fingerprint density at radius 1 is 1.50 bits per heavy atom. The molecule has 0 aliphatic carbocycles. The first-order valence-electron chi connectivity index (χ1n) is 8.33. The highest BCUT2D eigenvalue weighted by atomic mass is 32.2. The Hall–Kier alpha value is -1.61. The van der Waals surface area contributed by atoms with Crippen LogP contribution in [-0.4, -0.2) is 68.0 Å². The Morgan fingerprint density at radius 3 is 2.92 bits per heavy atom. The molecule has 0 aromatic carbocycles. The van der Waals surface area contributed by atoms with Crippen LogP contribution in [0.5, 0.6) is 0 Å². The lowest BCUT2D eigenvalue weighted by atomic mass is 10.0. The zero-order valence-electron chi connectivity index (χ0n) is 14.7. The third-order valence-electron chi connectivity index (χ3n) is 3.94. The second kappa shape index (κ2) is 8.48. The number of aliphatic imine (C=N–C) groups is 1. The van der Waals surface area contributed by atoms with Gasteiger partial charge in [0.15, 0.2) is 5.96 Å². The lowest BCUT2D eigenvalue weighted by molar-refractivity contribution is 0.460. The summed E-state index contributed by atoms with van der Waals surface area (Å²) in [6.07, 6.45) is 7.31. The number of hydrogen-bond donors (Lipinski definition) is 2. The molecule has 24 heavy (non-hydrogen) atoms. The summed E-state index contributed by atoms with van der Waals surface area (Å²) >= 11 is 0. The fourth-order valence-electron chi connectivity index (χ4n) is 2.92. The number of likely N-dealkylation sites (tertiary alicyclic amines) is 1. The number of hydrogen-bond acceptors (Lipinski definition) is 4. The van der Waals surface area contributed by atoms with Gasteiger partial charge < -0.3 is 10.2 Å². The van der Waals surface area contributed by atoms with E-state index in [1.807, 2.05) is 24.9 Å². The van der Waals surface area contributed by atoms with Gasteiger partial charge in [0, 0.05) is 39.4 Å². The van der Waals surface area contributed by atoms with Crippen LogP contribution in [0.3, 0.4) is 0 Å². The van der Waals surface area contributed by atoms with Crippen LogP contribution in [0.25, 0.3) is 0 Å². The predicted octanol–water partition coefficient (Wildman–Crippen LogP) is -0.201. The first kappa shape index (κ1) is 18.7. The molecule has 0 bridgehead atoms. The van der Waals surface area contributed by atoms with Crippen molar-refractivity contribution in [2.45, 2.75) is 19.8 Å². The molecule has 1 aliphatic heterocycles. The summed E-state index contributed by atoms with van der Waals surface area (Å²) in [6, 6.07) is 0. The highest BCUT2D eigenvalue weighted by Gasteiger charge is 2.25. The molecule has 9 heteroatoms. The Kier molecular flexibility index (Phi) is 6.61. The number of guanidine groups is 1. The molecular weight excluding hydrogens is 328 g/mol. The van der Waals surface area contributed by atoms with Gasteiger partial charge in [-0.1, -0.05) is 0 Å². The topological polar surface area (TPSA) is 91.6 Å². The Morgan fingerprint density at radius 2 is 2.29 bits per heavy atom. The lowest BCUT2D eigenvalue weighted by Crippen LogP contribution is -2.40. The third-order valence-corrected chi connectivity index (χ3v) is 4.67. The molecule has 2 rings (SSSR count). The first-order chi connectivity index (χ1) is 11.4. The SMILES string of the molecule is CCNC(=NCCNS(C)(=O)=O)N1CCC(Cc2cnn(C)c2)C1. The monoisotopic (exact) mass is 356 g/mol. The average molecular weight is 356 g/mol. The molecule has 0 spiro atoms. The van der Waals surface area contributed by atoms with Crippen LogP contribution in [0.15, 0.2) is 17.4 Å². The smallest absolute Gasteiger partial charge is 0.208 e. The van der Waals surface area contributed by atoms with Gasteiger partial charge in [0.1, 0.15) is 0 Å². The summed E-state index contributed by atoms with van der Waals surface area (Å²) in [5.41, 5.74) is 1.27. The van der Waals surface area contributed by atoms with E-state index >= 15 is 0 Å². The standard InChI is InChI=1S/C15H28N6O2S/c1-4-16-15(17-6-7-19-24(3,22)23)21-8-5-13(12-21)9-14-10-18-20(2)11-14/h10-11,13,19H,4-9,12H2,1-3H3,(H,16,17). The molecule has 1 aromatic rings. The molecule has 1 fully saturated rings. The maximum atomic E-state index is 11.1. The van der Waals surface area contributed by atoms with Gasteiger partial charge >= 0.3 is 0 Å². The van der Waals surface area contributed by atoms with Crippen molar-refractivity contribution in [1.29, 1.82) is 0 Å². The lowest BCUT2D eigenvalue weighted by Gasteiger charge is -2.21. The second-order valence-corrected chi connectivity index (χ2v) is 8.06. The van der Waals surface area contributed by atoms with Gasteiger partial charge in [0.25, 0.3) is 0 Å². The van der Waals surface area contributed by atoms with Gasteiger partial charge in [0.2, 0.25) is 10.0 Å². The summed E-state index contributed by atoms with van der Waals surface area (Å²) < 4.78 is 26.5. The molecule has 136 valence electrons. The molecule has 1 aromatic heterocycles. The zero-order valence-corrected chi connectivity index (χ0v) is 15.5. The largest absolute Gasteiger partial charge is 0.357 e. The number of nitrogens with zero attached hydrogens (tertiary/aromatic N) is 4. The third kappa shape index (κ3) is 6.12. The van der Waals surface area contributed by atoms with Crippen molar-refractivity contribution in [2.24, 2.45) is 18.0 Å². The van der Waals surface area contributed by atoms with E-state index in [9.17, 15) is 8.42 Å². The van der Waals surface area contributed by atoms with Crippen molar-refractivity contribution in [3.8, 4) is 0 Å². The fraction of sp³-hybridized carbons (Fsp3) is 0.733. The van der Waals surface area contributed by atoms with Gasteiger partial charge in [-0.15, -0.1) is 0 Å². The van der Waals surface area contributed by atoms with Crippen LogP contribution in [0.1, 0.15) is 18.9 Å². The summed E-state index contributed by atoms with van der Waals surface area (Å²) in [6.45, 7) is 5.51. The summed E-state index contributed by atoms with van der Waals surface area (Å²) in [5.74, 6) is 1.45. The van der Waals surface area contributed by atoms with Gasteiger partial charge in [-0.2, -0.15) is 5.10 Å². The minimum Gasteiger partial charge on any atom is -0.357 e. The summed E-state index contributed by atoms with van der Waals surface area (Å²) in [5, 5.41) is 7.52. The van der Waals surface area contributed by atoms with Crippen LogP contribution < -0.4 is 10.0 Å². The van der Waals surface area contributed by atoms with Crippen molar-refractivity contribution < 1.29 is 8.42 Å². The van der Waals surface area contributed by atoms with Gasteiger partial charge in [-0.25, -0.2) is 13.1 Å². The molecule has 1 aliphatic rings. The molecule has 0 saturated carbocycles. The fourth-order valence-corrected chi connectivity index (χ4v) is 3.38. The minimum atomic E-state index is -3.16. The minimum absolute atomic E-state index is 0.320. The van der Waals surface area contributed by atoms with Crippen molar-refractivity contribution in [3.05, 3.63) is 18.0 Å². The number of sulfonamides is 1. The van der Waals surface area contributed by atoms with E-state index in [2.05, 4.69) is 31.2 Å². The molecule has 2 N–H and O–H groups in total. The van der Waals surface area contributed by atoms with Gasteiger partial charge in [0.05, 0.1) is 19.0 Å². The molecular formula is C15H28N6O2S. The maximum Gasteiger partial charge on any atom is 0.208 e. The van der Waals surface area contributed by atoms with E-state index in [1.165, 1.54) is 5.56 Å². The number of aromatic nitrogens is 2. The van der Waals surface area contributed by atoms with E-state index in [0.717, 1.165) is 44.7 Å². The van der Waals surface area contributed by atoms with Crippen LogP contribution in [0.4, 0.5) is 0 Å². The molecule has 2 heterocycles. The predicted molar refractivity (Wildman–Crippen MR) is 95.4 cm³/mol. The highest BCUT2D eigenvalue weighted by Crippen LogP contribution is 2.20. The molecule has 0 amide bonds.